The van der Waals surface area contributed by atoms with Crippen LogP contribution in [0.2, 0.25) is 5.02 Å². The van der Waals surface area contributed by atoms with E-state index in [1.54, 1.807) is 0 Å². The van der Waals surface area contributed by atoms with E-state index in [-0.39, 0.29) is 11.8 Å². The summed E-state index contributed by atoms with van der Waals surface area (Å²) in [7, 11) is 2.14. The van der Waals surface area contributed by atoms with Crippen LogP contribution in [0.3, 0.4) is 0 Å². The Morgan fingerprint density at radius 2 is 2.00 bits per heavy atom. The molecule has 1 amide bonds. The Labute approximate surface area is 136 Å². The number of rotatable bonds is 2. The molecule has 4 nitrogen and oxygen atoms in total. The highest BCUT2D eigenvalue weighted by Crippen LogP contribution is 2.34. The Bertz CT molecular complexity index is 594. The molecular weight excluding hydrogens is 298 g/mol. The van der Waals surface area contributed by atoms with Gasteiger partial charge in [-0.25, -0.2) is 0 Å². The third kappa shape index (κ3) is 3.13. The molecule has 3 rings (SSSR count). The zero-order chi connectivity index (χ0) is 15.7. The van der Waals surface area contributed by atoms with Crippen molar-refractivity contribution < 1.29 is 4.79 Å². The number of carbonyl (C=O) groups excluding carboxylic acids is 1. The topological polar surface area (TPSA) is 35.6 Å². The number of allylic oxidation sites excluding steroid dienone is 1. The molecule has 5 heteroatoms. The van der Waals surface area contributed by atoms with Gasteiger partial charge in [-0.15, -0.1) is 0 Å². The number of benzene rings is 1. The van der Waals surface area contributed by atoms with E-state index in [1.165, 1.54) is 0 Å². The second-order valence-electron chi connectivity index (χ2n) is 6.18. The molecule has 1 unspecified atom stereocenters. The average Bonchev–Trinajstić information content (AvgIpc) is 2.49. The van der Waals surface area contributed by atoms with Crippen LogP contribution in [0.1, 0.15) is 24.3 Å². The maximum Gasteiger partial charge on any atom is 0.231 e. The zero-order valence-corrected chi connectivity index (χ0v) is 13.7. The lowest BCUT2D eigenvalue weighted by Crippen LogP contribution is -2.44. The van der Waals surface area contributed by atoms with Crippen molar-refractivity contribution in [3.8, 4) is 0 Å². The van der Waals surface area contributed by atoms with E-state index < -0.39 is 0 Å². The van der Waals surface area contributed by atoms with E-state index in [0.717, 1.165) is 56.0 Å². The minimum atomic E-state index is -0.167. The fraction of sp³-hybridized carbons (Fsp3) is 0.471. The quantitative estimate of drug-likeness (QED) is 0.910. The van der Waals surface area contributed by atoms with Crippen LogP contribution in [0.4, 0.5) is 5.69 Å². The van der Waals surface area contributed by atoms with Crippen LogP contribution >= 0.6 is 11.6 Å². The normalized spacial score (nSPS) is 23.5. The number of nitrogens with zero attached hydrogens (tertiary/aromatic N) is 2. The molecule has 2 fully saturated rings. The third-order valence-electron chi connectivity index (χ3n) is 4.58. The highest BCUT2D eigenvalue weighted by atomic mass is 35.5. The minimum absolute atomic E-state index is 0.00509. The first kappa shape index (κ1) is 15.4. The first-order valence-corrected chi connectivity index (χ1v) is 8.14. The lowest BCUT2D eigenvalue weighted by Gasteiger charge is -2.34. The van der Waals surface area contributed by atoms with Gasteiger partial charge in [0.05, 0.1) is 5.92 Å². The second kappa shape index (κ2) is 6.31. The lowest BCUT2D eigenvalue weighted by atomic mass is 9.89. The van der Waals surface area contributed by atoms with E-state index in [1.807, 2.05) is 12.1 Å². The number of nitrogens with one attached hydrogen (secondary N) is 1. The largest absolute Gasteiger partial charge is 0.369 e. The van der Waals surface area contributed by atoms with E-state index in [9.17, 15) is 4.79 Å². The number of amides is 1. The van der Waals surface area contributed by atoms with Gasteiger partial charge < -0.3 is 15.1 Å². The summed E-state index contributed by atoms with van der Waals surface area (Å²) in [6, 6.07) is 6.09. The van der Waals surface area contributed by atoms with E-state index in [2.05, 4.69) is 34.8 Å². The van der Waals surface area contributed by atoms with Gasteiger partial charge in [0.1, 0.15) is 0 Å². The van der Waals surface area contributed by atoms with Crippen LogP contribution in [0, 0.1) is 0 Å². The number of piperidine rings is 1. The molecule has 118 valence electrons. The molecule has 1 N–H and O–H groups in total. The Morgan fingerprint density at radius 1 is 1.27 bits per heavy atom. The van der Waals surface area contributed by atoms with Gasteiger partial charge in [0.25, 0.3) is 0 Å². The lowest BCUT2D eigenvalue weighted by molar-refractivity contribution is -0.122. The van der Waals surface area contributed by atoms with Crippen molar-refractivity contribution in [2.75, 3.05) is 38.1 Å². The number of piperazine rings is 1. The first-order valence-electron chi connectivity index (χ1n) is 7.76. The van der Waals surface area contributed by atoms with Crippen LogP contribution in [0.15, 0.2) is 30.5 Å². The fourth-order valence-corrected chi connectivity index (χ4v) is 3.44. The molecule has 2 heterocycles. The minimum Gasteiger partial charge on any atom is -0.369 e. The maximum atomic E-state index is 12.1. The molecule has 0 aliphatic carbocycles. The summed E-state index contributed by atoms with van der Waals surface area (Å²) in [5.41, 5.74) is 2.86. The highest BCUT2D eigenvalue weighted by molar-refractivity contribution is 6.32. The highest BCUT2D eigenvalue weighted by Gasteiger charge is 2.27. The summed E-state index contributed by atoms with van der Waals surface area (Å²) < 4.78 is 0. The van der Waals surface area contributed by atoms with Gasteiger partial charge in [0.15, 0.2) is 0 Å². The van der Waals surface area contributed by atoms with E-state index in [4.69, 9.17) is 11.6 Å². The van der Waals surface area contributed by atoms with Crippen molar-refractivity contribution in [3.05, 3.63) is 41.1 Å². The van der Waals surface area contributed by atoms with Crippen LogP contribution in [-0.4, -0.2) is 44.0 Å². The maximum absolute atomic E-state index is 12.1. The molecular formula is C17H22ClN3O. The van der Waals surface area contributed by atoms with Crippen molar-refractivity contribution in [1.29, 1.82) is 0 Å². The van der Waals surface area contributed by atoms with Crippen molar-refractivity contribution >= 4 is 23.2 Å². The van der Waals surface area contributed by atoms with Gasteiger partial charge in [0.2, 0.25) is 5.91 Å². The van der Waals surface area contributed by atoms with Crippen LogP contribution in [-0.2, 0) is 4.79 Å². The molecule has 1 atom stereocenters. The van der Waals surface area contributed by atoms with Gasteiger partial charge in [-0.1, -0.05) is 24.2 Å². The summed E-state index contributed by atoms with van der Waals surface area (Å²) >= 11 is 6.47. The van der Waals surface area contributed by atoms with Gasteiger partial charge in [-0.05, 0) is 37.6 Å². The van der Waals surface area contributed by atoms with Crippen LogP contribution in [0.5, 0.6) is 0 Å². The smallest absolute Gasteiger partial charge is 0.231 e. The van der Waals surface area contributed by atoms with Crippen molar-refractivity contribution in [1.82, 2.24) is 10.2 Å². The summed E-state index contributed by atoms with van der Waals surface area (Å²) in [5.74, 6) is -0.162. The summed E-state index contributed by atoms with van der Waals surface area (Å²) in [4.78, 5) is 16.8. The predicted molar refractivity (Wildman–Crippen MR) is 90.4 cm³/mol. The Kier molecular flexibility index (Phi) is 4.41. The summed E-state index contributed by atoms with van der Waals surface area (Å²) in [6.45, 7) is 7.96. The number of anilines is 1. The number of hydrogen-bond acceptors (Lipinski definition) is 3. The van der Waals surface area contributed by atoms with Crippen molar-refractivity contribution in [2.45, 2.75) is 18.8 Å². The molecule has 1 aromatic carbocycles. The monoisotopic (exact) mass is 319 g/mol. The molecule has 1 aromatic rings. The SMILES string of the molecule is C=C1CCC(c2ccc(N3CCN(C)CC3)cc2Cl)C(=O)N1. The molecule has 2 saturated heterocycles. The number of hydrogen-bond donors (Lipinski definition) is 1. The van der Waals surface area contributed by atoms with Crippen molar-refractivity contribution in [3.63, 3.8) is 0 Å². The molecule has 22 heavy (non-hydrogen) atoms. The van der Waals surface area contributed by atoms with Gasteiger partial charge >= 0.3 is 0 Å². The Balaban J connectivity index is 1.77. The summed E-state index contributed by atoms with van der Waals surface area (Å²) in [5, 5.41) is 3.51. The van der Waals surface area contributed by atoms with Gasteiger partial charge in [-0.3, -0.25) is 4.79 Å². The molecule has 2 aliphatic heterocycles. The second-order valence-corrected chi connectivity index (χ2v) is 6.59. The number of carbonyl (C=O) groups is 1. The summed E-state index contributed by atoms with van der Waals surface area (Å²) in [6.07, 6.45) is 1.59. The van der Waals surface area contributed by atoms with E-state index in [0.29, 0.717) is 5.02 Å². The average molecular weight is 320 g/mol. The molecule has 0 radical (unpaired) electrons. The molecule has 2 aliphatic rings. The first-order chi connectivity index (χ1) is 10.5. The molecule has 0 aromatic heterocycles. The Morgan fingerprint density at radius 3 is 2.64 bits per heavy atom. The third-order valence-corrected chi connectivity index (χ3v) is 4.91. The number of likely N-dealkylation sites (N-methyl/N-ethyl adjacent to an activating group) is 1. The molecule has 0 bridgehead atoms. The van der Waals surface area contributed by atoms with Crippen LogP contribution in [0.25, 0.3) is 0 Å². The zero-order valence-electron chi connectivity index (χ0n) is 12.9. The molecule has 0 saturated carbocycles. The van der Waals surface area contributed by atoms with Crippen molar-refractivity contribution in [2.24, 2.45) is 0 Å². The molecule has 0 spiro atoms. The predicted octanol–water partition coefficient (Wildman–Crippen LogP) is 2.60. The fourth-order valence-electron chi connectivity index (χ4n) is 3.13. The number of halogens is 1. The van der Waals surface area contributed by atoms with Crippen LogP contribution < -0.4 is 10.2 Å². The standard InChI is InChI=1S/C17H22ClN3O/c1-12-3-5-15(17(22)19-12)14-6-4-13(11-16(14)18)21-9-7-20(2)8-10-21/h4,6,11,15H,1,3,5,7-10H2,2H3,(H,19,22). The Hall–Kier alpha value is -1.52. The van der Waals surface area contributed by atoms with Gasteiger partial charge in [0, 0.05) is 42.6 Å². The van der Waals surface area contributed by atoms with E-state index >= 15 is 0 Å². The van der Waals surface area contributed by atoms with Gasteiger partial charge in [-0.2, -0.15) is 0 Å².